The average molecular weight is 314 g/mol. The minimum absolute atomic E-state index is 0.259. The third-order valence-corrected chi connectivity index (χ3v) is 3.91. The zero-order chi connectivity index (χ0) is 10.3. The first kappa shape index (κ1) is 13.6. The molecule has 0 spiro atoms. The van der Waals surface area contributed by atoms with Crippen molar-refractivity contribution in [1.82, 2.24) is 0 Å². The van der Waals surface area contributed by atoms with E-state index in [0.29, 0.717) is 0 Å². The molecule has 2 nitrogen and oxygen atoms in total. The van der Waals surface area contributed by atoms with E-state index in [1.54, 1.807) is 0 Å². The third kappa shape index (κ3) is 8.92. The third-order valence-electron chi connectivity index (χ3n) is 1.19. The first-order chi connectivity index (χ1) is 6.06. The van der Waals surface area contributed by atoms with Gasteiger partial charge >= 0.3 is 9.28 Å². The molecule has 0 atom stereocenters. The van der Waals surface area contributed by atoms with Crippen LogP contribution < -0.4 is 0 Å². The van der Waals surface area contributed by atoms with Crippen LogP contribution in [0, 0.1) is 0 Å². The number of rotatable bonds is 6. The molecule has 78 valence electrons. The second-order valence-electron chi connectivity index (χ2n) is 3.32. The Kier molecular flexibility index (Phi) is 8.33. The molecule has 13 heavy (non-hydrogen) atoms. The molecule has 4 heteroatoms. The van der Waals surface area contributed by atoms with E-state index in [9.17, 15) is 0 Å². The summed E-state index contributed by atoms with van der Waals surface area (Å²) < 4.78 is 12.4. The van der Waals surface area contributed by atoms with Crippen molar-refractivity contribution in [3.63, 3.8) is 0 Å². The van der Waals surface area contributed by atoms with Crippen molar-refractivity contribution in [3.05, 3.63) is 11.8 Å². The SMILES string of the molecule is CC(C)O[SiH](C=CCI)OC(C)C. The quantitative estimate of drug-likeness (QED) is 0.426. The summed E-state index contributed by atoms with van der Waals surface area (Å²) in [5, 5.41) is 0. The van der Waals surface area contributed by atoms with E-state index >= 15 is 0 Å². The number of hydrogen-bond acceptors (Lipinski definition) is 2. The van der Waals surface area contributed by atoms with Gasteiger partial charge in [0.1, 0.15) is 0 Å². The number of allylic oxidation sites excluding steroid dienone is 1. The van der Waals surface area contributed by atoms with E-state index in [0.717, 1.165) is 4.43 Å². The molecule has 0 amide bonds. The Bertz CT molecular complexity index is 139. The second kappa shape index (κ2) is 7.96. The lowest BCUT2D eigenvalue weighted by Crippen LogP contribution is -2.27. The molecule has 0 unspecified atom stereocenters. The van der Waals surface area contributed by atoms with Crippen molar-refractivity contribution >= 4 is 31.9 Å². The van der Waals surface area contributed by atoms with Crippen LogP contribution in [0.15, 0.2) is 11.8 Å². The lowest BCUT2D eigenvalue weighted by atomic mass is 10.5. The van der Waals surface area contributed by atoms with Gasteiger partial charge in [-0.1, -0.05) is 28.7 Å². The summed E-state index contributed by atoms with van der Waals surface area (Å²) in [4.78, 5) is 0. The van der Waals surface area contributed by atoms with Crippen LogP contribution in [-0.2, 0) is 8.85 Å². The van der Waals surface area contributed by atoms with Crippen molar-refractivity contribution in [2.45, 2.75) is 39.9 Å². The van der Waals surface area contributed by atoms with E-state index < -0.39 is 9.28 Å². The van der Waals surface area contributed by atoms with E-state index in [1.165, 1.54) is 0 Å². The Balaban J connectivity index is 3.95. The topological polar surface area (TPSA) is 18.5 Å². The largest absolute Gasteiger partial charge is 0.391 e. The molecule has 0 aliphatic heterocycles. The fourth-order valence-electron chi connectivity index (χ4n) is 0.822. The van der Waals surface area contributed by atoms with Crippen molar-refractivity contribution in [2.75, 3.05) is 4.43 Å². The van der Waals surface area contributed by atoms with Crippen LogP contribution in [0.3, 0.4) is 0 Å². The van der Waals surface area contributed by atoms with Gasteiger partial charge in [0.25, 0.3) is 0 Å². The maximum absolute atomic E-state index is 5.69. The molecule has 0 heterocycles. The highest BCUT2D eigenvalue weighted by atomic mass is 127. The van der Waals surface area contributed by atoms with Crippen LogP contribution in [0.25, 0.3) is 0 Å². The fourth-order valence-corrected chi connectivity index (χ4v) is 3.35. The van der Waals surface area contributed by atoms with Gasteiger partial charge in [-0.25, -0.2) is 0 Å². The number of halogens is 1. The molecule has 0 aromatic carbocycles. The van der Waals surface area contributed by atoms with Gasteiger partial charge in [-0.3, -0.25) is 0 Å². The average Bonchev–Trinajstić information content (AvgIpc) is 1.98. The lowest BCUT2D eigenvalue weighted by molar-refractivity contribution is 0.138. The Morgan fingerprint density at radius 3 is 1.92 bits per heavy atom. The molecule has 0 saturated carbocycles. The second-order valence-corrected chi connectivity index (χ2v) is 5.87. The summed E-state index contributed by atoms with van der Waals surface area (Å²) in [5.74, 6) is 0. The summed E-state index contributed by atoms with van der Waals surface area (Å²) in [6.45, 7) is 8.17. The Labute approximate surface area is 96.7 Å². The predicted molar refractivity (Wildman–Crippen MR) is 67.6 cm³/mol. The zero-order valence-electron chi connectivity index (χ0n) is 8.79. The summed E-state index contributed by atoms with van der Waals surface area (Å²) >= 11 is 2.31. The van der Waals surface area contributed by atoms with Crippen molar-refractivity contribution in [1.29, 1.82) is 0 Å². The standard InChI is InChI=1S/C9H19IO2Si/c1-8(2)11-13(7-5-6-10)12-9(3)4/h5,7-9,13H,6H2,1-4H3. The highest BCUT2D eigenvalue weighted by Crippen LogP contribution is 2.02. The lowest BCUT2D eigenvalue weighted by Gasteiger charge is -2.18. The number of alkyl halides is 1. The fraction of sp³-hybridized carbons (Fsp3) is 0.778. The summed E-state index contributed by atoms with van der Waals surface area (Å²) in [6.07, 6.45) is 2.63. The van der Waals surface area contributed by atoms with Crippen LogP contribution in [0.4, 0.5) is 0 Å². The van der Waals surface area contributed by atoms with Crippen LogP contribution in [0.5, 0.6) is 0 Å². The van der Waals surface area contributed by atoms with Crippen LogP contribution >= 0.6 is 22.6 Å². The molecule has 0 aromatic rings. The van der Waals surface area contributed by atoms with Crippen LogP contribution in [0.2, 0.25) is 0 Å². The predicted octanol–water partition coefficient (Wildman–Crippen LogP) is 2.59. The molecule has 0 aliphatic rings. The molecule has 0 aliphatic carbocycles. The molecular formula is C9H19IO2Si. The van der Waals surface area contributed by atoms with Crippen molar-refractivity contribution in [2.24, 2.45) is 0 Å². The Morgan fingerprint density at radius 2 is 1.62 bits per heavy atom. The smallest absolute Gasteiger partial charge is 0.348 e. The monoisotopic (exact) mass is 314 g/mol. The molecule has 0 bridgehead atoms. The molecule has 0 aromatic heterocycles. The molecular weight excluding hydrogens is 295 g/mol. The van der Waals surface area contributed by atoms with Gasteiger partial charge in [0.15, 0.2) is 0 Å². The molecule has 0 radical (unpaired) electrons. The van der Waals surface area contributed by atoms with E-state index in [2.05, 4.69) is 34.4 Å². The van der Waals surface area contributed by atoms with E-state index in [4.69, 9.17) is 8.85 Å². The maximum Gasteiger partial charge on any atom is 0.348 e. The van der Waals surface area contributed by atoms with Gasteiger partial charge in [0.05, 0.1) is 0 Å². The van der Waals surface area contributed by atoms with E-state index in [-0.39, 0.29) is 12.2 Å². The van der Waals surface area contributed by atoms with Crippen molar-refractivity contribution in [3.8, 4) is 0 Å². The van der Waals surface area contributed by atoms with Crippen LogP contribution in [-0.4, -0.2) is 25.9 Å². The molecule has 0 rings (SSSR count). The zero-order valence-corrected chi connectivity index (χ0v) is 12.1. The normalized spacial score (nSPS) is 12.6. The highest BCUT2D eigenvalue weighted by Gasteiger charge is 2.12. The maximum atomic E-state index is 5.69. The van der Waals surface area contributed by atoms with Gasteiger partial charge in [0.2, 0.25) is 0 Å². The van der Waals surface area contributed by atoms with Crippen LogP contribution in [0.1, 0.15) is 27.7 Å². The minimum atomic E-state index is -1.55. The Morgan fingerprint density at radius 1 is 1.15 bits per heavy atom. The number of hydrogen-bond donors (Lipinski definition) is 0. The van der Waals surface area contributed by atoms with E-state index in [1.807, 2.05) is 27.7 Å². The summed E-state index contributed by atoms with van der Waals surface area (Å²) in [6, 6.07) is 0. The molecule has 0 N–H and O–H groups in total. The van der Waals surface area contributed by atoms with Gasteiger partial charge in [0, 0.05) is 16.6 Å². The first-order valence-corrected chi connectivity index (χ1v) is 7.73. The van der Waals surface area contributed by atoms with Gasteiger partial charge < -0.3 is 8.85 Å². The molecule has 0 fully saturated rings. The summed E-state index contributed by atoms with van der Waals surface area (Å²) in [7, 11) is -1.55. The first-order valence-electron chi connectivity index (χ1n) is 4.59. The van der Waals surface area contributed by atoms with Gasteiger partial charge in [-0.2, -0.15) is 0 Å². The summed E-state index contributed by atoms with van der Waals surface area (Å²) in [5.41, 5.74) is 2.10. The minimum Gasteiger partial charge on any atom is -0.391 e. The van der Waals surface area contributed by atoms with Crippen molar-refractivity contribution < 1.29 is 8.85 Å². The Hall–Kier alpha value is 0.607. The van der Waals surface area contributed by atoms with Gasteiger partial charge in [-0.05, 0) is 33.4 Å². The highest BCUT2D eigenvalue weighted by molar-refractivity contribution is 14.1. The molecule has 0 saturated heterocycles. The van der Waals surface area contributed by atoms with Gasteiger partial charge in [-0.15, -0.1) is 0 Å².